The van der Waals surface area contributed by atoms with Crippen LogP contribution in [0, 0.1) is 6.92 Å². The fraction of sp³-hybridized carbons (Fsp3) is 0.111. The maximum absolute atomic E-state index is 12.7. The first-order valence-electron chi connectivity index (χ1n) is 11.8. The van der Waals surface area contributed by atoms with Gasteiger partial charge in [-0.3, -0.25) is 24.7 Å². The van der Waals surface area contributed by atoms with Crippen LogP contribution in [0.1, 0.15) is 27.6 Å². The molecular weight excluding hydrogens is 480 g/mol. The third-order valence-electron chi connectivity index (χ3n) is 5.45. The van der Waals surface area contributed by atoms with Gasteiger partial charge in [0.2, 0.25) is 0 Å². The zero-order valence-corrected chi connectivity index (χ0v) is 20.8. The van der Waals surface area contributed by atoms with Gasteiger partial charge in [-0.05, 0) is 42.8 Å². The topological polar surface area (TPSA) is 147 Å². The van der Waals surface area contributed by atoms with Gasteiger partial charge in [0, 0.05) is 67.5 Å². The maximum atomic E-state index is 12.7. The third-order valence-corrected chi connectivity index (χ3v) is 5.45. The van der Waals surface area contributed by atoms with Crippen molar-refractivity contribution in [3.8, 4) is 22.6 Å². The van der Waals surface area contributed by atoms with Gasteiger partial charge in [0.25, 0.3) is 5.91 Å². The third kappa shape index (κ3) is 5.90. The van der Waals surface area contributed by atoms with Crippen molar-refractivity contribution in [2.75, 3.05) is 12.4 Å². The Labute approximate surface area is 218 Å². The number of amides is 1. The predicted molar refractivity (Wildman–Crippen MR) is 144 cm³/mol. The minimum atomic E-state index is -0.287. The average Bonchev–Trinajstić information content (AvgIpc) is 3.39. The van der Waals surface area contributed by atoms with Crippen molar-refractivity contribution in [3.63, 3.8) is 0 Å². The molecule has 0 aliphatic heterocycles. The van der Waals surface area contributed by atoms with E-state index in [4.69, 9.17) is 0 Å². The highest BCUT2D eigenvalue weighted by Crippen LogP contribution is 2.20. The average molecular weight is 505 g/mol. The van der Waals surface area contributed by atoms with Crippen LogP contribution in [0.2, 0.25) is 0 Å². The fourth-order valence-corrected chi connectivity index (χ4v) is 3.63. The van der Waals surface area contributed by atoms with E-state index in [-0.39, 0.29) is 5.91 Å². The number of carbonyl (C=O) groups excluding carboxylic acids is 1. The number of aromatic nitrogens is 7. The lowest BCUT2D eigenvalue weighted by Crippen LogP contribution is -2.23. The van der Waals surface area contributed by atoms with Crippen molar-refractivity contribution < 1.29 is 4.79 Å². The Morgan fingerprint density at radius 2 is 1.92 bits per heavy atom. The van der Waals surface area contributed by atoms with Crippen LogP contribution in [0.25, 0.3) is 22.6 Å². The molecule has 0 aromatic carbocycles. The first-order valence-corrected chi connectivity index (χ1v) is 11.8. The Kier molecular flexibility index (Phi) is 7.16. The van der Waals surface area contributed by atoms with E-state index in [1.807, 2.05) is 37.3 Å². The minimum absolute atomic E-state index is 0.287. The van der Waals surface area contributed by atoms with E-state index in [9.17, 15) is 4.79 Å². The zero-order chi connectivity index (χ0) is 26.3. The van der Waals surface area contributed by atoms with Crippen LogP contribution in [-0.2, 0) is 6.54 Å². The lowest BCUT2D eigenvalue weighted by molar-refractivity contribution is 0.0946. The summed E-state index contributed by atoms with van der Waals surface area (Å²) in [6.07, 6.45) is 10.2. The van der Waals surface area contributed by atoms with Crippen LogP contribution in [0.3, 0.4) is 0 Å². The van der Waals surface area contributed by atoms with Crippen LogP contribution in [0.5, 0.6) is 0 Å². The Balaban J connectivity index is 1.22. The smallest absolute Gasteiger partial charge is 0.270 e. The molecule has 5 aromatic rings. The van der Waals surface area contributed by atoms with Crippen molar-refractivity contribution in [2.45, 2.75) is 13.5 Å². The van der Waals surface area contributed by atoms with Gasteiger partial charge in [0.05, 0.1) is 11.9 Å². The molecular formula is C27H24N10O. The van der Waals surface area contributed by atoms with Gasteiger partial charge in [-0.25, -0.2) is 15.0 Å². The highest BCUT2D eigenvalue weighted by Gasteiger charge is 2.11. The molecule has 0 unspecified atom stereocenters. The van der Waals surface area contributed by atoms with Crippen LogP contribution >= 0.6 is 0 Å². The number of aryl methyl sites for hydroxylation is 1. The van der Waals surface area contributed by atoms with Crippen LogP contribution in [0.15, 0.2) is 78.4 Å². The number of nitrogens with zero attached hydrogens (tertiary/aromatic N) is 7. The molecule has 1 amide bonds. The normalized spacial score (nSPS) is 11.0. The van der Waals surface area contributed by atoms with Crippen molar-refractivity contribution in [1.29, 1.82) is 0 Å². The molecule has 0 atom stereocenters. The second-order valence-corrected chi connectivity index (χ2v) is 8.31. The van der Waals surface area contributed by atoms with Gasteiger partial charge in [-0.2, -0.15) is 0 Å². The summed E-state index contributed by atoms with van der Waals surface area (Å²) in [6, 6.07) is 12.9. The van der Waals surface area contributed by atoms with Gasteiger partial charge in [-0.1, -0.05) is 6.07 Å². The van der Waals surface area contributed by atoms with E-state index >= 15 is 0 Å². The summed E-state index contributed by atoms with van der Waals surface area (Å²) in [5.74, 6) is 2.03. The lowest BCUT2D eigenvalue weighted by atomic mass is 10.1. The monoisotopic (exact) mass is 504 g/mol. The number of H-pyrrole nitrogens is 1. The molecule has 188 valence electrons. The predicted octanol–water partition coefficient (Wildman–Crippen LogP) is 3.75. The lowest BCUT2D eigenvalue weighted by Gasteiger charge is -2.08. The summed E-state index contributed by atoms with van der Waals surface area (Å²) < 4.78 is 0. The summed E-state index contributed by atoms with van der Waals surface area (Å²) >= 11 is 0. The van der Waals surface area contributed by atoms with Gasteiger partial charge >= 0.3 is 0 Å². The summed E-state index contributed by atoms with van der Waals surface area (Å²) in [4.78, 5) is 46.0. The number of aromatic amines is 1. The van der Waals surface area contributed by atoms with Gasteiger partial charge in [0.1, 0.15) is 17.3 Å². The van der Waals surface area contributed by atoms with Crippen molar-refractivity contribution in [3.05, 3.63) is 96.2 Å². The van der Waals surface area contributed by atoms with Crippen LogP contribution in [0.4, 0.5) is 11.6 Å². The molecule has 5 aromatic heterocycles. The molecule has 5 rings (SSSR count). The number of anilines is 2. The highest BCUT2D eigenvalue weighted by molar-refractivity contribution is 5.92. The first-order chi connectivity index (χ1) is 18.6. The number of carbonyl (C=O) groups is 1. The molecule has 0 saturated carbocycles. The number of imidazole rings is 1. The van der Waals surface area contributed by atoms with Gasteiger partial charge in [0.15, 0.2) is 11.6 Å². The molecule has 0 spiro atoms. The molecule has 3 N–H and O–H groups in total. The fourth-order valence-electron chi connectivity index (χ4n) is 3.63. The Bertz CT molecular complexity index is 1560. The van der Waals surface area contributed by atoms with E-state index in [2.05, 4.69) is 50.5 Å². The first kappa shape index (κ1) is 24.4. The largest absolute Gasteiger partial charge is 0.347 e. The summed E-state index contributed by atoms with van der Waals surface area (Å²) in [7, 11) is 1.68. The molecule has 0 fully saturated rings. The maximum Gasteiger partial charge on any atom is 0.270 e. The Hall–Kier alpha value is -5.32. The second kappa shape index (κ2) is 11.2. The molecule has 0 aliphatic rings. The van der Waals surface area contributed by atoms with Crippen LogP contribution < -0.4 is 10.6 Å². The van der Waals surface area contributed by atoms with Crippen molar-refractivity contribution in [2.24, 2.45) is 4.99 Å². The Morgan fingerprint density at radius 1 is 1.00 bits per heavy atom. The van der Waals surface area contributed by atoms with Crippen molar-refractivity contribution >= 4 is 23.8 Å². The number of hydrogen-bond acceptors (Lipinski definition) is 9. The summed E-state index contributed by atoms with van der Waals surface area (Å²) in [5, 5.41) is 6.04. The Morgan fingerprint density at radius 3 is 2.66 bits per heavy atom. The standard InChI is InChI=1S/C27H24N10O/c1-17-10-23(35-25-16-32-24(36-25)15-28-2)37-26(34-17)20-6-8-22(31-14-20)27(38)33-12-18-5-7-21(30-11-18)19-4-3-9-29-13-19/h3-11,13-16H,12H2,1-2H3,(H,32,36)(H,33,38)(H,34,35,37)/b28-15-. The number of aliphatic imine (C=N–C) groups is 1. The molecule has 11 nitrogen and oxygen atoms in total. The van der Waals surface area contributed by atoms with Crippen molar-refractivity contribution in [1.82, 2.24) is 40.2 Å². The molecule has 0 radical (unpaired) electrons. The zero-order valence-electron chi connectivity index (χ0n) is 20.8. The van der Waals surface area contributed by atoms with Gasteiger partial charge in [-0.15, -0.1) is 0 Å². The highest BCUT2D eigenvalue weighted by atomic mass is 16.1. The van der Waals surface area contributed by atoms with E-state index in [0.717, 1.165) is 22.5 Å². The van der Waals surface area contributed by atoms with E-state index < -0.39 is 0 Å². The summed E-state index contributed by atoms with van der Waals surface area (Å²) in [5.41, 5.74) is 4.38. The number of nitrogens with one attached hydrogen (secondary N) is 3. The number of rotatable bonds is 8. The van der Waals surface area contributed by atoms with E-state index in [0.29, 0.717) is 41.1 Å². The van der Waals surface area contributed by atoms with E-state index in [1.54, 1.807) is 56.4 Å². The number of hydrogen-bond donors (Lipinski definition) is 3. The molecule has 38 heavy (non-hydrogen) atoms. The SMILES string of the molecule is C/N=C\c1nc(Nc2cc(C)nc(-c3ccc(C(=O)NCc4ccc(-c5cccnc5)nc4)nc3)n2)c[nH]1. The second-order valence-electron chi connectivity index (χ2n) is 8.31. The molecule has 0 aliphatic carbocycles. The van der Waals surface area contributed by atoms with E-state index in [1.165, 1.54) is 0 Å². The molecule has 0 saturated heterocycles. The van der Waals surface area contributed by atoms with Gasteiger partial charge < -0.3 is 15.6 Å². The summed E-state index contributed by atoms with van der Waals surface area (Å²) in [6.45, 7) is 2.21. The number of pyridine rings is 3. The molecule has 5 heterocycles. The molecule has 11 heteroatoms. The quantitative estimate of drug-likeness (QED) is 0.271. The van der Waals surface area contributed by atoms with Crippen LogP contribution in [-0.4, -0.2) is 54.1 Å². The minimum Gasteiger partial charge on any atom is -0.347 e. The molecule has 0 bridgehead atoms.